The highest BCUT2D eigenvalue weighted by Gasteiger charge is 2.27. The van der Waals surface area contributed by atoms with Crippen LogP contribution >= 0.6 is 0 Å². The van der Waals surface area contributed by atoms with E-state index in [1.165, 1.54) is 6.34 Å². The van der Waals surface area contributed by atoms with Crippen molar-refractivity contribution in [3.63, 3.8) is 0 Å². The quantitative estimate of drug-likeness (QED) is 0.516. The van der Waals surface area contributed by atoms with Crippen LogP contribution in [0, 0.1) is 10.8 Å². The average molecular weight is 212 g/mol. The Kier molecular flexibility index (Phi) is 5.50. The predicted molar refractivity (Wildman–Crippen MR) is 65.9 cm³/mol. The molecule has 0 spiro atoms. The van der Waals surface area contributed by atoms with Gasteiger partial charge < -0.3 is 4.90 Å². The summed E-state index contributed by atoms with van der Waals surface area (Å²) < 4.78 is 0. The zero-order valence-corrected chi connectivity index (χ0v) is 10.6. The number of amidine groups is 1. The van der Waals surface area contributed by atoms with Gasteiger partial charge in [-0.25, -0.2) is 0 Å². The summed E-state index contributed by atoms with van der Waals surface area (Å²) in [6.45, 7) is 12.8. The van der Waals surface area contributed by atoms with Crippen molar-refractivity contribution in [3.05, 3.63) is 0 Å². The molecule has 0 amide bonds. The van der Waals surface area contributed by atoms with Gasteiger partial charge in [-0.05, 0) is 20.8 Å². The second kappa shape index (κ2) is 5.85. The maximum absolute atomic E-state index is 7.69. The summed E-state index contributed by atoms with van der Waals surface area (Å²) in [5.74, 6) is 0.524. The van der Waals surface area contributed by atoms with E-state index in [9.17, 15) is 0 Å². The third-order valence-electron chi connectivity index (χ3n) is 2.40. The standard InChI is InChI=1S/C9H18N4.C2H6/c1-9(2,3)13-5-4-12(7-10)8(11)6-13;1-2/h7,10-11H,4-6H2,1-3H3;1-2H3. The van der Waals surface area contributed by atoms with Crippen molar-refractivity contribution in [1.29, 1.82) is 10.8 Å². The third-order valence-corrected chi connectivity index (χ3v) is 2.40. The van der Waals surface area contributed by atoms with Crippen LogP contribution in [0.25, 0.3) is 0 Å². The van der Waals surface area contributed by atoms with Crippen molar-refractivity contribution < 1.29 is 0 Å². The van der Waals surface area contributed by atoms with E-state index in [4.69, 9.17) is 10.8 Å². The summed E-state index contributed by atoms with van der Waals surface area (Å²) in [6.07, 6.45) is 1.24. The summed E-state index contributed by atoms with van der Waals surface area (Å²) in [5.41, 5.74) is 0.125. The Bertz CT molecular complexity index is 217. The van der Waals surface area contributed by atoms with Gasteiger partial charge in [0, 0.05) is 18.6 Å². The molecule has 4 nitrogen and oxygen atoms in total. The molecule has 0 bridgehead atoms. The van der Waals surface area contributed by atoms with Gasteiger partial charge in [-0.3, -0.25) is 15.7 Å². The zero-order chi connectivity index (χ0) is 12.1. The van der Waals surface area contributed by atoms with Gasteiger partial charge in [0.05, 0.1) is 12.9 Å². The van der Waals surface area contributed by atoms with E-state index in [-0.39, 0.29) is 5.54 Å². The molecule has 0 saturated carbocycles. The Morgan fingerprint density at radius 2 is 1.73 bits per heavy atom. The lowest BCUT2D eigenvalue weighted by molar-refractivity contribution is 0.137. The molecular formula is C11H24N4. The molecule has 2 N–H and O–H groups in total. The molecule has 1 aliphatic heterocycles. The number of hydrogen-bond donors (Lipinski definition) is 2. The van der Waals surface area contributed by atoms with Crippen molar-refractivity contribution in [1.82, 2.24) is 9.80 Å². The SMILES string of the molecule is CC.CC(C)(C)N1CCN(C=N)C(=N)C1. The fourth-order valence-electron chi connectivity index (χ4n) is 1.43. The normalized spacial score (nSPS) is 18.2. The highest BCUT2D eigenvalue weighted by molar-refractivity contribution is 5.91. The van der Waals surface area contributed by atoms with Crippen LogP contribution in [-0.2, 0) is 0 Å². The molecule has 0 aromatic heterocycles. The molecule has 1 saturated heterocycles. The third kappa shape index (κ3) is 4.00. The van der Waals surface area contributed by atoms with E-state index < -0.39 is 0 Å². The van der Waals surface area contributed by atoms with E-state index in [2.05, 4.69) is 25.7 Å². The molecule has 88 valence electrons. The van der Waals surface area contributed by atoms with Crippen LogP contribution in [0.4, 0.5) is 0 Å². The second-order valence-electron chi connectivity index (χ2n) is 4.36. The predicted octanol–water partition coefficient (Wildman–Crippen LogP) is 2.01. The Hall–Kier alpha value is -0.900. The van der Waals surface area contributed by atoms with Crippen LogP contribution in [0.2, 0.25) is 0 Å². The minimum atomic E-state index is 0.125. The van der Waals surface area contributed by atoms with Crippen LogP contribution in [-0.4, -0.2) is 47.1 Å². The molecular weight excluding hydrogens is 188 g/mol. The molecule has 0 radical (unpaired) electrons. The lowest BCUT2D eigenvalue weighted by Crippen LogP contribution is -2.55. The van der Waals surface area contributed by atoms with Gasteiger partial charge in [-0.1, -0.05) is 13.8 Å². The summed E-state index contributed by atoms with van der Waals surface area (Å²) in [5, 5.41) is 14.8. The van der Waals surface area contributed by atoms with Crippen molar-refractivity contribution in [2.75, 3.05) is 19.6 Å². The van der Waals surface area contributed by atoms with Crippen molar-refractivity contribution >= 4 is 12.2 Å². The first-order valence-electron chi connectivity index (χ1n) is 5.55. The lowest BCUT2D eigenvalue weighted by Gasteiger charge is -2.41. The largest absolute Gasteiger partial charge is 0.319 e. The van der Waals surface area contributed by atoms with Crippen molar-refractivity contribution in [3.8, 4) is 0 Å². The minimum Gasteiger partial charge on any atom is -0.319 e. The molecule has 0 aromatic rings. The molecule has 0 aromatic carbocycles. The van der Waals surface area contributed by atoms with Crippen LogP contribution in [0.1, 0.15) is 34.6 Å². The van der Waals surface area contributed by atoms with E-state index in [0.717, 1.165) is 13.1 Å². The highest BCUT2D eigenvalue weighted by atomic mass is 15.3. The second-order valence-corrected chi connectivity index (χ2v) is 4.36. The molecule has 0 atom stereocenters. The number of nitrogens with zero attached hydrogens (tertiary/aromatic N) is 2. The topological polar surface area (TPSA) is 54.2 Å². The molecule has 1 rings (SSSR count). The molecule has 1 heterocycles. The number of piperazine rings is 1. The van der Waals surface area contributed by atoms with Crippen molar-refractivity contribution in [2.45, 2.75) is 40.2 Å². The Morgan fingerprint density at radius 1 is 1.20 bits per heavy atom. The fourth-order valence-corrected chi connectivity index (χ4v) is 1.43. The molecule has 0 unspecified atom stereocenters. The summed E-state index contributed by atoms with van der Waals surface area (Å²) >= 11 is 0. The molecule has 15 heavy (non-hydrogen) atoms. The van der Waals surface area contributed by atoms with Gasteiger partial charge in [0.1, 0.15) is 5.84 Å². The molecule has 4 heteroatoms. The first-order chi connectivity index (χ1) is 6.95. The van der Waals surface area contributed by atoms with Gasteiger partial charge in [-0.2, -0.15) is 0 Å². The smallest absolute Gasteiger partial charge is 0.115 e. The van der Waals surface area contributed by atoms with Gasteiger partial charge in [0.15, 0.2) is 0 Å². The van der Waals surface area contributed by atoms with E-state index >= 15 is 0 Å². The highest BCUT2D eigenvalue weighted by Crippen LogP contribution is 2.15. The van der Waals surface area contributed by atoms with Gasteiger partial charge in [0.25, 0.3) is 0 Å². The first kappa shape index (κ1) is 14.1. The number of rotatable bonds is 1. The van der Waals surface area contributed by atoms with Gasteiger partial charge >= 0.3 is 0 Å². The minimum absolute atomic E-state index is 0.125. The first-order valence-corrected chi connectivity index (χ1v) is 5.55. The molecule has 1 fully saturated rings. The van der Waals surface area contributed by atoms with Crippen LogP contribution in [0.5, 0.6) is 0 Å². The Labute approximate surface area is 93.3 Å². The van der Waals surface area contributed by atoms with Crippen LogP contribution in [0.3, 0.4) is 0 Å². The Morgan fingerprint density at radius 3 is 2.07 bits per heavy atom. The molecule has 1 aliphatic rings. The average Bonchev–Trinajstić information content (AvgIpc) is 2.19. The van der Waals surface area contributed by atoms with Crippen LogP contribution in [0.15, 0.2) is 0 Å². The van der Waals surface area contributed by atoms with E-state index in [1.54, 1.807) is 4.90 Å². The monoisotopic (exact) mass is 212 g/mol. The van der Waals surface area contributed by atoms with E-state index in [1.807, 2.05) is 13.8 Å². The lowest BCUT2D eigenvalue weighted by atomic mass is 10.0. The van der Waals surface area contributed by atoms with Crippen molar-refractivity contribution in [2.24, 2.45) is 0 Å². The summed E-state index contributed by atoms with van der Waals surface area (Å²) in [4.78, 5) is 3.94. The van der Waals surface area contributed by atoms with Gasteiger partial charge in [0.2, 0.25) is 0 Å². The molecule has 0 aliphatic carbocycles. The Balaban J connectivity index is 0.000000921. The van der Waals surface area contributed by atoms with Gasteiger partial charge in [-0.15, -0.1) is 0 Å². The van der Waals surface area contributed by atoms with Crippen LogP contribution < -0.4 is 0 Å². The number of nitrogens with one attached hydrogen (secondary N) is 2. The maximum atomic E-state index is 7.69. The summed E-state index contributed by atoms with van der Waals surface area (Å²) in [7, 11) is 0. The summed E-state index contributed by atoms with van der Waals surface area (Å²) in [6, 6.07) is 0. The number of hydrogen-bond acceptors (Lipinski definition) is 3. The van der Waals surface area contributed by atoms with E-state index in [0.29, 0.717) is 12.4 Å². The zero-order valence-electron chi connectivity index (χ0n) is 10.6. The fraction of sp³-hybridized carbons (Fsp3) is 0.818. The maximum Gasteiger partial charge on any atom is 0.115 e.